The summed E-state index contributed by atoms with van der Waals surface area (Å²) < 4.78 is 30.3. The highest BCUT2D eigenvalue weighted by molar-refractivity contribution is 7.87. The van der Waals surface area contributed by atoms with Crippen LogP contribution in [0.2, 0.25) is 0 Å². The minimum Gasteiger partial charge on any atom is -0.266 e. The first-order valence-corrected chi connectivity index (χ1v) is 11.8. The first kappa shape index (κ1) is 21.9. The second-order valence-corrected chi connectivity index (χ2v) is 9.35. The van der Waals surface area contributed by atoms with Crippen LogP contribution in [0, 0.1) is 5.92 Å². The quantitative estimate of drug-likeness (QED) is 0.282. The van der Waals surface area contributed by atoms with Gasteiger partial charge in [-0.2, -0.15) is 8.42 Å². The molecule has 3 nitrogen and oxygen atoms in total. The van der Waals surface area contributed by atoms with E-state index in [1.54, 1.807) is 12.1 Å². The molecule has 0 N–H and O–H groups in total. The van der Waals surface area contributed by atoms with Crippen LogP contribution >= 0.6 is 0 Å². The highest BCUT2D eigenvalue weighted by atomic mass is 32.2. The predicted molar refractivity (Wildman–Crippen MR) is 113 cm³/mol. The van der Waals surface area contributed by atoms with Crippen LogP contribution < -0.4 is 0 Å². The zero-order valence-corrected chi connectivity index (χ0v) is 17.6. The second-order valence-electron chi connectivity index (χ2n) is 7.76. The van der Waals surface area contributed by atoms with Gasteiger partial charge in [-0.25, -0.2) is 0 Å². The highest BCUT2D eigenvalue weighted by Crippen LogP contribution is 2.24. The van der Waals surface area contributed by atoms with Crippen LogP contribution in [0.3, 0.4) is 0 Å². The lowest BCUT2D eigenvalue weighted by atomic mass is 10.0. The van der Waals surface area contributed by atoms with Gasteiger partial charge in [0.25, 0.3) is 10.1 Å². The van der Waals surface area contributed by atoms with E-state index in [0.29, 0.717) is 0 Å². The van der Waals surface area contributed by atoms with E-state index < -0.39 is 10.1 Å². The van der Waals surface area contributed by atoms with Crippen LogP contribution in [0.5, 0.6) is 0 Å². The summed E-state index contributed by atoms with van der Waals surface area (Å²) in [6, 6.07) is 12.8. The maximum atomic E-state index is 12.5. The molecule has 2 aromatic rings. The van der Waals surface area contributed by atoms with Crippen molar-refractivity contribution in [2.24, 2.45) is 5.92 Å². The number of unbranched alkanes of at least 4 members (excludes halogenated alkanes) is 7. The molecule has 0 spiro atoms. The van der Waals surface area contributed by atoms with Crippen LogP contribution in [0.15, 0.2) is 47.4 Å². The minimum absolute atomic E-state index is 0.264. The van der Waals surface area contributed by atoms with Gasteiger partial charge < -0.3 is 0 Å². The molecule has 0 saturated heterocycles. The van der Waals surface area contributed by atoms with Gasteiger partial charge in [0.2, 0.25) is 0 Å². The lowest BCUT2D eigenvalue weighted by Gasteiger charge is -2.08. The highest BCUT2D eigenvalue weighted by Gasteiger charge is 2.17. The van der Waals surface area contributed by atoms with Crippen molar-refractivity contribution in [1.82, 2.24) is 0 Å². The van der Waals surface area contributed by atoms with Crippen LogP contribution in [0.1, 0.15) is 71.6 Å². The molecule has 0 atom stereocenters. The molecule has 0 bridgehead atoms. The molecule has 2 aromatic carbocycles. The molecule has 0 saturated carbocycles. The monoisotopic (exact) mass is 390 g/mol. The van der Waals surface area contributed by atoms with Crippen molar-refractivity contribution in [3.8, 4) is 0 Å². The maximum absolute atomic E-state index is 12.5. The average molecular weight is 391 g/mol. The van der Waals surface area contributed by atoms with Gasteiger partial charge in [0.15, 0.2) is 0 Å². The minimum atomic E-state index is -3.70. The van der Waals surface area contributed by atoms with Gasteiger partial charge in [0.1, 0.15) is 4.90 Å². The van der Waals surface area contributed by atoms with Gasteiger partial charge in [-0.05, 0) is 23.8 Å². The molecule has 0 unspecified atom stereocenters. The average Bonchev–Trinajstić information content (AvgIpc) is 2.65. The molecule has 0 aliphatic heterocycles. The summed E-state index contributed by atoms with van der Waals surface area (Å²) in [6.45, 7) is 4.82. The van der Waals surface area contributed by atoms with E-state index >= 15 is 0 Å². The van der Waals surface area contributed by atoms with Crippen molar-refractivity contribution in [2.75, 3.05) is 6.61 Å². The molecule has 150 valence electrons. The van der Waals surface area contributed by atoms with E-state index in [4.69, 9.17) is 4.18 Å². The van der Waals surface area contributed by atoms with Gasteiger partial charge in [-0.3, -0.25) is 4.18 Å². The Labute approximate surface area is 165 Å². The lowest BCUT2D eigenvalue weighted by Crippen LogP contribution is -2.08. The lowest BCUT2D eigenvalue weighted by molar-refractivity contribution is 0.306. The summed E-state index contributed by atoms with van der Waals surface area (Å²) in [6.07, 6.45) is 10.8. The third-order valence-corrected chi connectivity index (χ3v) is 6.30. The van der Waals surface area contributed by atoms with Crippen molar-refractivity contribution < 1.29 is 12.6 Å². The van der Waals surface area contributed by atoms with E-state index in [2.05, 4.69) is 13.8 Å². The molecular weight excluding hydrogens is 356 g/mol. The smallest absolute Gasteiger partial charge is 0.266 e. The SMILES string of the molecule is CC(C)CCCCCCCCCCOS(=O)(=O)c1cccc2ccccc12. The Bertz CT molecular complexity index is 776. The van der Waals surface area contributed by atoms with Gasteiger partial charge in [0.05, 0.1) is 6.61 Å². The van der Waals surface area contributed by atoms with E-state index in [1.165, 1.54) is 38.5 Å². The summed E-state index contributed by atoms with van der Waals surface area (Å²) >= 11 is 0. The first-order chi connectivity index (χ1) is 13.0. The largest absolute Gasteiger partial charge is 0.297 e. The van der Waals surface area contributed by atoms with Gasteiger partial charge in [-0.1, -0.05) is 102 Å². The number of hydrogen-bond acceptors (Lipinski definition) is 3. The van der Waals surface area contributed by atoms with E-state index in [-0.39, 0.29) is 11.5 Å². The standard InChI is InChI=1S/C23H34O3S/c1-20(2)14-9-7-5-3-4-6-8-12-19-26-27(24,25)23-18-13-16-21-15-10-11-17-22(21)23/h10-11,13,15-18,20H,3-9,12,14,19H2,1-2H3. The molecule has 4 heteroatoms. The van der Waals surface area contributed by atoms with Crippen LogP contribution in [-0.2, 0) is 14.3 Å². The van der Waals surface area contributed by atoms with Crippen molar-refractivity contribution in [3.63, 3.8) is 0 Å². The molecule has 0 amide bonds. The third kappa shape index (κ3) is 7.63. The fourth-order valence-electron chi connectivity index (χ4n) is 3.36. The van der Waals surface area contributed by atoms with Crippen molar-refractivity contribution in [3.05, 3.63) is 42.5 Å². The normalized spacial score (nSPS) is 12.1. The van der Waals surface area contributed by atoms with Crippen LogP contribution in [-0.4, -0.2) is 15.0 Å². The topological polar surface area (TPSA) is 43.4 Å². The molecule has 0 aromatic heterocycles. The van der Waals surface area contributed by atoms with E-state index in [1.807, 2.05) is 30.3 Å². The molecule has 0 aliphatic carbocycles. The number of fused-ring (bicyclic) bond motifs is 1. The Morgan fingerprint density at radius 2 is 1.37 bits per heavy atom. The van der Waals surface area contributed by atoms with Gasteiger partial charge in [0, 0.05) is 5.39 Å². The van der Waals surface area contributed by atoms with Crippen LogP contribution in [0.25, 0.3) is 10.8 Å². The Balaban J connectivity index is 1.64. The zero-order valence-electron chi connectivity index (χ0n) is 16.8. The predicted octanol–water partition coefficient (Wildman–Crippen LogP) is 6.71. The summed E-state index contributed by atoms with van der Waals surface area (Å²) in [5.41, 5.74) is 0. The molecule has 0 radical (unpaired) electrons. The van der Waals surface area contributed by atoms with Crippen molar-refractivity contribution in [2.45, 2.75) is 76.5 Å². The Morgan fingerprint density at radius 3 is 2.07 bits per heavy atom. The molecule has 2 rings (SSSR count). The van der Waals surface area contributed by atoms with Crippen molar-refractivity contribution in [1.29, 1.82) is 0 Å². The zero-order chi connectivity index (χ0) is 19.5. The third-order valence-electron chi connectivity index (χ3n) is 4.93. The molecule has 27 heavy (non-hydrogen) atoms. The molecular formula is C23H34O3S. The summed E-state index contributed by atoms with van der Waals surface area (Å²) in [5, 5.41) is 1.63. The Morgan fingerprint density at radius 1 is 0.778 bits per heavy atom. The summed E-state index contributed by atoms with van der Waals surface area (Å²) in [4.78, 5) is 0.266. The first-order valence-electron chi connectivity index (χ1n) is 10.4. The Kier molecular flexibility index (Phi) is 9.29. The summed E-state index contributed by atoms with van der Waals surface area (Å²) in [7, 11) is -3.70. The number of benzene rings is 2. The number of rotatable bonds is 13. The fraction of sp³-hybridized carbons (Fsp3) is 0.565. The molecule has 0 fully saturated rings. The molecule has 0 aliphatic rings. The molecule has 0 heterocycles. The van der Waals surface area contributed by atoms with E-state index in [0.717, 1.165) is 36.0 Å². The Hall–Kier alpha value is -1.39. The van der Waals surface area contributed by atoms with Gasteiger partial charge >= 0.3 is 0 Å². The van der Waals surface area contributed by atoms with Crippen LogP contribution in [0.4, 0.5) is 0 Å². The fourth-order valence-corrected chi connectivity index (χ4v) is 4.53. The van der Waals surface area contributed by atoms with Crippen molar-refractivity contribution >= 4 is 20.9 Å². The number of hydrogen-bond donors (Lipinski definition) is 0. The maximum Gasteiger partial charge on any atom is 0.297 e. The summed E-state index contributed by atoms with van der Waals surface area (Å²) in [5.74, 6) is 0.815. The second kappa shape index (κ2) is 11.5. The van der Waals surface area contributed by atoms with E-state index in [9.17, 15) is 8.42 Å². The van der Waals surface area contributed by atoms with Gasteiger partial charge in [-0.15, -0.1) is 0 Å².